The highest BCUT2D eigenvalue weighted by molar-refractivity contribution is 6.30. The van der Waals surface area contributed by atoms with Crippen LogP contribution in [0, 0.1) is 0 Å². The van der Waals surface area contributed by atoms with E-state index >= 15 is 0 Å². The highest BCUT2D eigenvalue weighted by atomic mass is 35.5. The van der Waals surface area contributed by atoms with Crippen molar-refractivity contribution in [3.63, 3.8) is 0 Å². The van der Waals surface area contributed by atoms with Crippen LogP contribution in [-0.4, -0.2) is 22.4 Å². The van der Waals surface area contributed by atoms with Crippen molar-refractivity contribution in [3.8, 4) is 11.3 Å². The fourth-order valence-electron chi connectivity index (χ4n) is 2.42. The normalized spacial score (nSPS) is 10.6. The SMILES string of the molecule is CCOC(=O)c1cc(-c2ccc(Cl)cc2)nn1Cc1ccccc1. The Hall–Kier alpha value is -2.59. The lowest BCUT2D eigenvalue weighted by molar-refractivity contribution is 0.0512. The predicted molar refractivity (Wildman–Crippen MR) is 94.2 cm³/mol. The van der Waals surface area contributed by atoms with E-state index in [0.717, 1.165) is 11.1 Å². The largest absolute Gasteiger partial charge is 0.461 e. The van der Waals surface area contributed by atoms with Crippen LogP contribution >= 0.6 is 11.6 Å². The van der Waals surface area contributed by atoms with E-state index in [9.17, 15) is 4.79 Å². The zero-order valence-electron chi connectivity index (χ0n) is 13.3. The third-order valence-electron chi connectivity index (χ3n) is 3.58. The monoisotopic (exact) mass is 340 g/mol. The first kappa shape index (κ1) is 16.3. The lowest BCUT2D eigenvalue weighted by atomic mass is 10.1. The molecule has 0 aliphatic carbocycles. The molecule has 2 aromatic carbocycles. The Morgan fingerprint density at radius 2 is 1.83 bits per heavy atom. The molecule has 0 N–H and O–H groups in total. The molecule has 3 aromatic rings. The maximum absolute atomic E-state index is 12.3. The molecule has 0 fully saturated rings. The Labute approximate surface area is 145 Å². The van der Waals surface area contributed by atoms with Crippen LogP contribution in [0.1, 0.15) is 23.0 Å². The van der Waals surface area contributed by atoms with E-state index < -0.39 is 0 Å². The Morgan fingerprint density at radius 3 is 2.50 bits per heavy atom. The van der Waals surface area contributed by atoms with Crippen LogP contribution in [0.4, 0.5) is 0 Å². The summed E-state index contributed by atoms with van der Waals surface area (Å²) in [5.74, 6) is -0.374. The molecular weight excluding hydrogens is 324 g/mol. The average Bonchev–Trinajstić information content (AvgIpc) is 3.00. The lowest BCUT2D eigenvalue weighted by Crippen LogP contribution is -2.14. The topological polar surface area (TPSA) is 44.1 Å². The quantitative estimate of drug-likeness (QED) is 0.645. The Morgan fingerprint density at radius 1 is 1.12 bits per heavy atom. The molecule has 0 bridgehead atoms. The van der Waals surface area contributed by atoms with Crippen molar-refractivity contribution in [2.45, 2.75) is 13.5 Å². The molecule has 3 rings (SSSR count). The van der Waals surface area contributed by atoms with Crippen molar-refractivity contribution in [1.82, 2.24) is 9.78 Å². The lowest BCUT2D eigenvalue weighted by Gasteiger charge is -2.06. The number of carbonyl (C=O) groups excluding carboxylic acids is 1. The number of halogens is 1. The molecule has 0 radical (unpaired) electrons. The van der Waals surface area contributed by atoms with E-state index in [-0.39, 0.29) is 5.97 Å². The van der Waals surface area contributed by atoms with Crippen LogP contribution in [0.3, 0.4) is 0 Å². The molecule has 0 aliphatic heterocycles. The number of rotatable bonds is 5. The number of hydrogen-bond donors (Lipinski definition) is 0. The first-order valence-electron chi connectivity index (χ1n) is 7.72. The van der Waals surface area contributed by atoms with Gasteiger partial charge in [0, 0.05) is 10.6 Å². The molecular formula is C19H17ClN2O2. The molecule has 0 saturated heterocycles. The Kier molecular flexibility index (Phi) is 4.96. The minimum absolute atomic E-state index is 0.325. The van der Waals surface area contributed by atoms with Crippen LogP contribution < -0.4 is 0 Å². The van der Waals surface area contributed by atoms with E-state index in [2.05, 4.69) is 5.10 Å². The molecule has 0 aliphatic rings. The first-order valence-corrected chi connectivity index (χ1v) is 8.10. The summed E-state index contributed by atoms with van der Waals surface area (Å²) >= 11 is 5.93. The van der Waals surface area contributed by atoms with E-state index in [1.807, 2.05) is 42.5 Å². The smallest absolute Gasteiger partial charge is 0.356 e. The standard InChI is InChI=1S/C19H17ClN2O2/c1-2-24-19(23)18-12-17(15-8-10-16(20)11-9-15)21-22(18)13-14-6-4-3-5-7-14/h3-12H,2,13H2,1H3. The highest BCUT2D eigenvalue weighted by Crippen LogP contribution is 2.22. The van der Waals surface area contributed by atoms with Gasteiger partial charge in [0.25, 0.3) is 0 Å². The molecule has 4 nitrogen and oxygen atoms in total. The molecule has 0 spiro atoms. The molecule has 24 heavy (non-hydrogen) atoms. The number of hydrogen-bond acceptors (Lipinski definition) is 3. The van der Waals surface area contributed by atoms with Gasteiger partial charge in [0.2, 0.25) is 0 Å². The predicted octanol–water partition coefficient (Wildman–Crippen LogP) is 4.43. The van der Waals surface area contributed by atoms with Crippen molar-refractivity contribution in [2.75, 3.05) is 6.61 Å². The van der Waals surface area contributed by atoms with Gasteiger partial charge >= 0.3 is 5.97 Å². The van der Waals surface area contributed by atoms with Gasteiger partial charge in [-0.3, -0.25) is 4.68 Å². The van der Waals surface area contributed by atoms with Crippen molar-refractivity contribution < 1.29 is 9.53 Å². The van der Waals surface area contributed by atoms with Crippen LogP contribution in [0.25, 0.3) is 11.3 Å². The van der Waals surface area contributed by atoms with Gasteiger partial charge in [-0.15, -0.1) is 0 Å². The Bertz CT molecular complexity index is 826. The fourth-order valence-corrected chi connectivity index (χ4v) is 2.55. The zero-order valence-corrected chi connectivity index (χ0v) is 14.0. The average molecular weight is 341 g/mol. The number of nitrogens with zero attached hydrogens (tertiary/aromatic N) is 2. The summed E-state index contributed by atoms with van der Waals surface area (Å²) in [4.78, 5) is 12.3. The number of aromatic nitrogens is 2. The van der Waals surface area contributed by atoms with Crippen LogP contribution in [0.5, 0.6) is 0 Å². The van der Waals surface area contributed by atoms with Crippen molar-refractivity contribution in [2.24, 2.45) is 0 Å². The number of benzene rings is 2. The molecule has 1 heterocycles. The molecule has 122 valence electrons. The van der Waals surface area contributed by atoms with E-state index in [0.29, 0.717) is 29.6 Å². The highest BCUT2D eigenvalue weighted by Gasteiger charge is 2.17. The van der Waals surface area contributed by atoms with Gasteiger partial charge in [0.1, 0.15) is 5.69 Å². The van der Waals surface area contributed by atoms with Crippen molar-refractivity contribution in [3.05, 3.63) is 76.9 Å². The van der Waals surface area contributed by atoms with Gasteiger partial charge in [-0.05, 0) is 30.7 Å². The second-order valence-corrected chi connectivity index (χ2v) is 5.72. The van der Waals surface area contributed by atoms with Crippen molar-refractivity contribution in [1.29, 1.82) is 0 Å². The van der Waals surface area contributed by atoms with Crippen molar-refractivity contribution >= 4 is 17.6 Å². The van der Waals surface area contributed by atoms with Crippen LogP contribution in [-0.2, 0) is 11.3 Å². The summed E-state index contributed by atoms with van der Waals surface area (Å²) < 4.78 is 6.83. The summed E-state index contributed by atoms with van der Waals surface area (Å²) in [5.41, 5.74) is 3.11. The summed E-state index contributed by atoms with van der Waals surface area (Å²) in [6.07, 6.45) is 0. The third-order valence-corrected chi connectivity index (χ3v) is 3.83. The second-order valence-electron chi connectivity index (χ2n) is 5.29. The van der Waals surface area contributed by atoms with Gasteiger partial charge < -0.3 is 4.74 Å². The molecule has 0 atom stereocenters. The molecule has 1 aromatic heterocycles. The minimum Gasteiger partial charge on any atom is -0.461 e. The number of esters is 1. The number of ether oxygens (including phenoxy) is 1. The third kappa shape index (κ3) is 3.66. The van der Waals surface area contributed by atoms with Gasteiger partial charge in [-0.1, -0.05) is 54.1 Å². The summed E-state index contributed by atoms with van der Waals surface area (Å²) in [7, 11) is 0. The maximum atomic E-state index is 12.3. The van der Waals surface area contributed by atoms with E-state index in [4.69, 9.17) is 16.3 Å². The van der Waals surface area contributed by atoms with Crippen LogP contribution in [0.15, 0.2) is 60.7 Å². The van der Waals surface area contributed by atoms with E-state index in [1.165, 1.54) is 0 Å². The van der Waals surface area contributed by atoms with Gasteiger partial charge in [0.05, 0.1) is 18.8 Å². The van der Waals surface area contributed by atoms with Crippen LogP contribution in [0.2, 0.25) is 5.02 Å². The zero-order chi connectivity index (χ0) is 16.9. The second kappa shape index (κ2) is 7.32. The first-order chi connectivity index (χ1) is 11.7. The minimum atomic E-state index is -0.374. The van der Waals surface area contributed by atoms with Gasteiger partial charge in [0.15, 0.2) is 0 Å². The van der Waals surface area contributed by atoms with Gasteiger partial charge in [-0.2, -0.15) is 5.10 Å². The number of carbonyl (C=O) groups is 1. The van der Waals surface area contributed by atoms with Gasteiger partial charge in [-0.25, -0.2) is 4.79 Å². The maximum Gasteiger partial charge on any atom is 0.356 e. The fraction of sp³-hybridized carbons (Fsp3) is 0.158. The molecule has 0 saturated carbocycles. The molecule has 0 unspecified atom stereocenters. The summed E-state index contributed by atoms with van der Waals surface area (Å²) in [6, 6.07) is 19.0. The molecule has 0 amide bonds. The summed E-state index contributed by atoms with van der Waals surface area (Å²) in [6.45, 7) is 2.62. The van der Waals surface area contributed by atoms with E-state index in [1.54, 1.807) is 29.8 Å². The Balaban J connectivity index is 1.98. The molecule has 5 heteroatoms. The summed E-state index contributed by atoms with van der Waals surface area (Å²) in [5, 5.41) is 5.24.